The molecule has 4 aliphatic heterocycles. The summed E-state index contributed by atoms with van der Waals surface area (Å²) in [4.78, 5) is 115. The number of para-hydroxylation sites is 4. The number of carbonyl (C=O) groups excluding carboxylic acids is 4. The molecule has 13 N–H and O–H groups in total. The number of fused-ring (bicyclic) bond motifs is 9. The van der Waals surface area contributed by atoms with E-state index in [2.05, 4.69) is 145 Å². The number of aryl methyl sites for hydroxylation is 1. The molecule has 0 spiro atoms. The molecule has 670 valence electrons. The number of furan rings is 1. The first-order valence-electron chi connectivity index (χ1n) is 44.9. The minimum absolute atomic E-state index is 0.0614. The second-order valence-electron chi connectivity index (χ2n) is 34.5. The lowest BCUT2D eigenvalue weighted by atomic mass is 9.95. The van der Waals surface area contributed by atoms with E-state index in [1.54, 1.807) is 36.9 Å². The van der Waals surface area contributed by atoms with Crippen molar-refractivity contribution in [3.63, 3.8) is 0 Å². The maximum atomic E-state index is 13.2. The summed E-state index contributed by atoms with van der Waals surface area (Å²) in [6.45, 7) is 7.51. The van der Waals surface area contributed by atoms with E-state index >= 15 is 0 Å². The highest BCUT2D eigenvalue weighted by Gasteiger charge is 2.36. The number of halogens is 1. The Kier molecular flexibility index (Phi) is 22.2. The lowest BCUT2D eigenvalue weighted by molar-refractivity contribution is 0.0676. The Morgan fingerprint density at radius 3 is 1.08 bits per heavy atom. The number of amides is 4. The molecule has 0 radical (unpaired) electrons. The van der Waals surface area contributed by atoms with Crippen molar-refractivity contribution in [3.8, 4) is 45.6 Å². The maximum Gasteiger partial charge on any atom is 0.289 e. The molecule has 4 aliphatic rings. The van der Waals surface area contributed by atoms with Gasteiger partial charge in [-0.05, 0) is 187 Å². The van der Waals surface area contributed by atoms with E-state index in [0.29, 0.717) is 68.3 Å². The fraction of sp³-hybridized carbons (Fsp3) is 0.208. The molecular weight excluding hydrogens is 1790 g/mol. The summed E-state index contributed by atoms with van der Waals surface area (Å²) < 4.78 is 14.4. The first-order chi connectivity index (χ1) is 65.5. The average Bonchev–Trinajstić information content (AvgIpc) is 1.61. The third-order valence-electron chi connectivity index (χ3n) is 26.6. The summed E-state index contributed by atoms with van der Waals surface area (Å²) in [6, 6.07) is 56.3. The summed E-state index contributed by atoms with van der Waals surface area (Å²) in [5.41, 5.74) is 43.2. The Morgan fingerprint density at radius 2 is 0.739 bits per heavy atom. The van der Waals surface area contributed by atoms with Crippen LogP contribution in [0.3, 0.4) is 0 Å². The first-order valence-corrected chi connectivity index (χ1v) is 47.5. The van der Waals surface area contributed by atoms with Crippen molar-refractivity contribution >= 4 is 162 Å². The van der Waals surface area contributed by atoms with Gasteiger partial charge in [-0.2, -0.15) is 0 Å². The Bertz CT molecular complexity index is 7660. The van der Waals surface area contributed by atoms with Gasteiger partial charge in [-0.25, -0.2) is 39.9 Å². The van der Waals surface area contributed by atoms with Crippen LogP contribution in [0.25, 0.3) is 122 Å². The summed E-state index contributed by atoms with van der Waals surface area (Å²) in [5, 5.41) is 9.54. The summed E-state index contributed by atoms with van der Waals surface area (Å²) in [5.74, 6) is 7.21. The molecule has 134 heavy (non-hydrogen) atoms. The van der Waals surface area contributed by atoms with Gasteiger partial charge < -0.3 is 71.9 Å². The smallest absolute Gasteiger partial charge is 0.289 e. The quantitative estimate of drug-likeness (QED) is 0.0548. The molecule has 25 rings (SSSR count). The largest absolute Gasteiger partial charge is 0.459 e. The van der Waals surface area contributed by atoms with Gasteiger partial charge in [-0.1, -0.05) is 78.9 Å². The number of nitrogen functional groups attached to an aromatic ring is 4. The average molecular weight is 1880 g/mol. The maximum absolute atomic E-state index is 13.2. The van der Waals surface area contributed by atoms with Gasteiger partial charge in [0.25, 0.3) is 23.6 Å². The Hall–Kier alpha value is -15.5. The molecule has 4 amide bonds. The Morgan fingerprint density at radius 1 is 0.381 bits per heavy atom. The van der Waals surface area contributed by atoms with E-state index in [9.17, 15) is 19.2 Å². The molecule has 0 atom stereocenters. The summed E-state index contributed by atoms with van der Waals surface area (Å²) in [6.07, 6.45) is 24.7. The molecule has 16 aromatic heterocycles. The van der Waals surface area contributed by atoms with E-state index in [-0.39, 0.29) is 47.3 Å². The van der Waals surface area contributed by atoms with Crippen molar-refractivity contribution < 1.29 is 23.6 Å². The third-order valence-corrected chi connectivity index (χ3v) is 29.3. The predicted molar refractivity (Wildman–Crippen MR) is 528 cm³/mol. The van der Waals surface area contributed by atoms with Gasteiger partial charge in [0.2, 0.25) is 0 Å². The Balaban J connectivity index is 0.000000104. The number of likely N-dealkylation sites (tertiary alicyclic amines) is 4. The molecular formula is C101H92BrN25O5S2. The molecule has 4 fully saturated rings. The highest BCUT2D eigenvalue weighted by Crippen LogP contribution is 2.43. The van der Waals surface area contributed by atoms with Crippen molar-refractivity contribution in [2.45, 2.75) is 82.0 Å². The molecule has 0 unspecified atom stereocenters. The minimum Gasteiger partial charge on any atom is -0.459 e. The van der Waals surface area contributed by atoms with Crippen molar-refractivity contribution in [2.24, 2.45) is 0 Å². The van der Waals surface area contributed by atoms with Gasteiger partial charge in [-0.15, -0.1) is 22.7 Å². The van der Waals surface area contributed by atoms with Crippen LogP contribution in [0, 0.1) is 6.92 Å². The molecule has 20 heterocycles. The number of benzene rings is 5. The van der Waals surface area contributed by atoms with Crippen LogP contribution >= 0.6 is 38.6 Å². The standard InChI is InChI=1S/C28H25N7O.C25H24N6OS.C24H21BrN6OS.C24H22N6O2/c29-26-25-24(23-15-19-3-1-2-4-21(19)32-23)33-27(35(25)14-11-31-26)18-8-12-34(13-9-18)28(36)20-6-5-17-7-10-30-22(17)16-20;1-15-8-13-33-22(15)25(32)30-10-6-16(7-11-30)24-29-20(21-23(26)27-9-12-31(21)24)19-14-17-4-2-3-5-18(17)28-19;25-21-16(7-12-33-21)24(32)30-9-5-14(6-10-30)23-29-19(20-22(26)27-8-11-31(20)23)18-13-15-3-1-2-4-17(15)28-18;25-22-21-20(18-14-16-4-1-2-5-17(16)27-18)28-23(30(21)12-9-26-22)15-7-10-29(11-8-15)24(31)19-6-3-13-32-19/h1-7,10-11,14-16,18,30,32H,8-9,12-13H2,(H2,29,31);2-5,8-9,12-14,16,28H,6-7,10-11H2,1H3,(H2,26,27);1-4,7-8,11-14,28H,5-6,9-10H2,(H2,26,27);1-6,9,12-15,27H,7-8,10-11H2,(H2,25,26). The fourth-order valence-electron chi connectivity index (χ4n) is 19.7. The predicted octanol–water partition coefficient (Wildman–Crippen LogP) is 19.2. The number of aromatic amines is 5. The van der Waals surface area contributed by atoms with Crippen LogP contribution in [0.2, 0.25) is 0 Å². The second kappa shape index (κ2) is 35.3. The highest BCUT2D eigenvalue weighted by atomic mass is 79.9. The van der Waals surface area contributed by atoms with Gasteiger partial charge in [0, 0.05) is 186 Å². The van der Waals surface area contributed by atoms with Gasteiger partial charge in [0.15, 0.2) is 5.76 Å². The van der Waals surface area contributed by atoms with Crippen molar-refractivity contribution in [1.82, 2.24) is 102 Å². The highest BCUT2D eigenvalue weighted by molar-refractivity contribution is 9.11. The zero-order chi connectivity index (χ0) is 90.9. The van der Waals surface area contributed by atoms with Crippen molar-refractivity contribution in [3.05, 3.63) is 297 Å². The van der Waals surface area contributed by atoms with Crippen LogP contribution in [-0.2, 0) is 0 Å². The van der Waals surface area contributed by atoms with Gasteiger partial charge >= 0.3 is 0 Å². The number of nitrogens with two attached hydrogens (primary N) is 4. The molecule has 0 saturated carbocycles. The van der Waals surface area contributed by atoms with Crippen LogP contribution in [0.1, 0.15) is 145 Å². The van der Waals surface area contributed by atoms with E-state index in [4.69, 9.17) is 47.3 Å². The number of hydrogen-bond acceptors (Lipinski definition) is 19. The monoisotopic (exact) mass is 1880 g/mol. The summed E-state index contributed by atoms with van der Waals surface area (Å²) in [7, 11) is 0. The topological polar surface area (TPSA) is 398 Å². The second-order valence-corrected chi connectivity index (χ2v) is 37.7. The van der Waals surface area contributed by atoms with Gasteiger partial charge in [0.1, 0.15) is 91.4 Å². The Labute approximate surface area is 782 Å². The van der Waals surface area contributed by atoms with E-state index in [1.807, 2.05) is 159 Å². The van der Waals surface area contributed by atoms with Crippen LogP contribution in [0.5, 0.6) is 0 Å². The number of carbonyl (C=O) groups is 4. The van der Waals surface area contributed by atoms with Crippen LogP contribution < -0.4 is 22.9 Å². The number of nitrogens with one attached hydrogen (secondary N) is 5. The molecule has 0 bridgehead atoms. The molecule has 30 nitrogen and oxygen atoms in total. The van der Waals surface area contributed by atoms with Crippen LogP contribution in [0.15, 0.2) is 251 Å². The summed E-state index contributed by atoms with van der Waals surface area (Å²) >= 11 is 6.55. The number of aromatic nitrogens is 17. The number of thiophene rings is 2. The first kappa shape index (κ1) is 84.1. The SMILES string of the molecule is Cc1ccsc1C(=O)N1CCC(c2nc(-c3cc4ccccc4[nH]3)c3c(N)nccn23)CC1.Nc1nccn2c(C3CCN(C(=O)c4ccc5cc[nH]c5c4)CC3)nc(-c3cc4ccccc4[nH]3)c12.Nc1nccn2c(C3CCN(C(=O)c4ccco4)CC3)nc(-c3cc4ccccc4[nH]3)c12.Nc1nccn2c(C3CCN(C(=O)c4ccsc4Br)CC3)nc(-c3cc4ccccc4[nH]3)c12. The number of nitrogens with zero attached hydrogens (tertiary/aromatic N) is 16. The van der Waals surface area contributed by atoms with Crippen LogP contribution in [-0.4, -0.2) is 178 Å². The number of rotatable bonds is 12. The number of H-pyrrole nitrogens is 5. The molecule has 33 heteroatoms. The minimum atomic E-state index is -0.0614. The molecule has 21 aromatic rings. The number of hydrogen-bond donors (Lipinski definition) is 9. The molecule has 0 aliphatic carbocycles. The van der Waals surface area contributed by atoms with Crippen LogP contribution in [0.4, 0.5) is 23.3 Å². The fourth-order valence-corrected chi connectivity index (χ4v) is 21.8. The lowest BCUT2D eigenvalue weighted by Gasteiger charge is -2.31. The lowest BCUT2D eigenvalue weighted by Crippen LogP contribution is -2.38. The van der Waals surface area contributed by atoms with E-state index in [0.717, 1.165) is 235 Å². The van der Waals surface area contributed by atoms with E-state index < -0.39 is 0 Å². The van der Waals surface area contributed by atoms with Gasteiger partial charge in [-0.3, -0.25) is 36.8 Å². The van der Waals surface area contributed by atoms with Gasteiger partial charge in [0.05, 0.1) is 43.3 Å². The van der Waals surface area contributed by atoms with Crippen molar-refractivity contribution in [2.75, 3.05) is 75.3 Å². The number of imidazole rings is 4. The molecule has 5 aromatic carbocycles. The zero-order valence-electron chi connectivity index (χ0n) is 72.9. The number of anilines is 4. The number of piperidine rings is 4. The van der Waals surface area contributed by atoms with E-state index in [1.165, 1.54) is 28.9 Å². The third kappa shape index (κ3) is 15.7. The molecule has 4 saturated heterocycles. The zero-order valence-corrected chi connectivity index (χ0v) is 76.1. The normalized spacial score (nSPS) is 15.0. The van der Waals surface area contributed by atoms with Crippen molar-refractivity contribution in [1.29, 1.82) is 0 Å².